The second-order valence-electron chi connectivity index (χ2n) is 5.10. The molecule has 0 aliphatic carbocycles. The molecule has 1 amide bonds. The Labute approximate surface area is 139 Å². The number of carbonyl (C=O) groups excluding carboxylic acids is 1. The minimum atomic E-state index is -0.447. The van der Waals surface area contributed by atoms with Crippen LogP contribution >= 0.6 is 24.0 Å². The zero-order valence-electron chi connectivity index (χ0n) is 13.1. The summed E-state index contributed by atoms with van der Waals surface area (Å²) >= 11 is 6.18. The van der Waals surface area contributed by atoms with Crippen molar-refractivity contribution in [3.8, 4) is 0 Å². The van der Waals surface area contributed by atoms with Crippen LogP contribution in [0.25, 0.3) is 0 Å². The Hall–Kier alpha value is -0.770. The lowest BCUT2D eigenvalue weighted by molar-refractivity contribution is -0.142. The highest BCUT2D eigenvalue weighted by molar-refractivity contribution is 6.31. The molecule has 1 rings (SSSR count). The van der Waals surface area contributed by atoms with Gasteiger partial charge in [-0.25, -0.2) is 0 Å². The van der Waals surface area contributed by atoms with Gasteiger partial charge in [-0.1, -0.05) is 43.6 Å². The molecule has 0 aliphatic rings. The number of halogens is 2. The molecular formula is C16H26Cl2N2O. The van der Waals surface area contributed by atoms with E-state index in [-0.39, 0.29) is 18.3 Å². The summed E-state index contributed by atoms with van der Waals surface area (Å²) in [4.78, 5) is 14.7. The first-order chi connectivity index (χ1) is 9.54. The Morgan fingerprint density at radius 2 is 1.81 bits per heavy atom. The van der Waals surface area contributed by atoms with Crippen molar-refractivity contribution in [3.63, 3.8) is 0 Å². The van der Waals surface area contributed by atoms with E-state index in [1.165, 1.54) is 0 Å². The summed E-state index contributed by atoms with van der Waals surface area (Å²) in [5, 5.41) is 0.699. The Morgan fingerprint density at radius 1 is 1.24 bits per heavy atom. The molecule has 120 valence electrons. The van der Waals surface area contributed by atoms with Gasteiger partial charge in [0.25, 0.3) is 0 Å². The van der Waals surface area contributed by atoms with Crippen LogP contribution < -0.4 is 5.73 Å². The van der Waals surface area contributed by atoms with E-state index >= 15 is 0 Å². The maximum atomic E-state index is 12.8. The summed E-state index contributed by atoms with van der Waals surface area (Å²) in [5.41, 5.74) is 6.40. The largest absolute Gasteiger partial charge is 0.338 e. The standard InChI is InChI=1S/C16H25ClN2O.ClH/c1-4-16(5-2,12-18)15(20)19(6-3)11-13-9-7-8-10-14(13)17;/h7-10H,4-6,11-12,18H2,1-3H3;1H. The first-order valence-electron chi connectivity index (χ1n) is 7.27. The molecule has 21 heavy (non-hydrogen) atoms. The summed E-state index contributed by atoms with van der Waals surface area (Å²) in [6.45, 7) is 7.62. The number of hydrogen-bond acceptors (Lipinski definition) is 2. The van der Waals surface area contributed by atoms with Crippen LogP contribution in [0, 0.1) is 5.41 Å². The van der Waals surface area contributed by atoms with E-state index in [1.807, 2.05) is 49.9 Å². The van der Waals surface area contributed by atoms with E-state index in [0.29, 0.717) is 24.7 Å². The van der Waals surface area contributed by atoms with Crippen molar-refractivity contribution >= 4 is 29.9 Å². The van der Waals surface area contributed by atoms with Crippen LogP contribution in [0.4, 0.5) is 0 Å². The maximum absolute atomic E-state index is 12.8. The van der Waals surface area contributed by atoms with Gasteiger partial charge in [-0.15, -0.1) is 12.4 Å². The van der Waals surface area contributed by atoms with Gasteiger partial charge in [-0.3, -0.25) is 4.79 Å². The fourth-order valence-electron chi connectivity index (χ4n) is 2.42. The highest BCUT2D eigenvalue weighted by atomic mass is 35.5. The molecule has 5 heteroatoms. The summed E-state index contributed by atoms with van der Waals surface area (Å²) in [7, 11) is 0. The van der Waals surface area contributed by atoms with Crippen LogP contribution in [0.1, 0.15) is 39.2 Å². The van der Waals surface area contributed by atoms with Crippen molar-refractivity contribution in [1.82, 2.24) is 4.90 Å². The van der Waals surface area contributed by atoms with Gasteiger partial charge in [-0.05, 0) is 31.4 Å². The first-order valence-corrected chi connectivity index (χ1v) is 7.65. The smallest absolute Gasteiger partial charge is 0.230 e. The van der Waals surface area contributed by atoms with Crippen molar-refractivity contribution in [2.24, 2.45) is 11.1 Å². The van der Waals surface area contributed by atoms with Crippen molar-refractivity contribution in [2.75, 3.05) is 13.1 Å². The third kappa shape index (κ3) is 4.60. The second kappa shape index (κ2) is 9.29. The van der Waals surface area contributed by atoms with Crippen LogP contribution in [0.2, 0.25) is 5.02 Å². The average molecular weight is 333 g/mol. The number of rotatable bonds is 7. The van der Waals surface area contributed by atoms with E-state index in [9.17, 15) is 4.79 Å². The van der Waals surface area contributed by atoms with Gasteiger partial charge in [0, 0.05) is 24.7 Å². The molecule has 3 nitrogen and oxygen atoms in total. The van der Waals surface area contributed by atoms with Gasteiger partial charge in [0.15, 0.2) is 0 Å². The van der Waals surface area contributed by atoms with Gasteiger partial charge in [-0.2, -0.15) is 0 Å². The fourth-order valence-corrected chi connectivity index (χ4v) is 2.62. The van der Waals surface area contributed by atoms with Crippen molar-refractivity contribution in [2.45, 2.75) is 40.2 Å². The summed E-state index contributed by atoms with van der Waals surface area (Å²) in [5.74, 6) is 0.132. The Bertz CT molecular complexity index is 439. The number of amides is 1. The van der Waals surface area contributed by atoms with E-state index in [4.69, 9.17) is 17.3 Å². The molecule has 0 aliphatic heterocycles. The summed E-state index contributed by atoms with van der Waals surface area (Å²) < 4.78 is 0. The minimum absolute atomic E-state index is 0. The normalized spacial score (nSPS) is 10.9. The van der Waals surface area contributed by atoms with Gasteiger partial charge >= 0.3 is 0 Å². The molecule has 0 spiro atoms. The van der Waals surface area contributed by atoms with Crippen LogP contribution in [0.15, 0.2) is 24.3 Å². The number of hydrogen-bond donors (Lipinski definition) is 1. The highest BCUT2D eigenvalue weighted by Crippen LogP contribution is 2.29. The average Bonchev–Trinajstić information content (AvgIpc) is 2.48. The molecule has 0 aromatic heterocycles. The zero-order valence-corrected chi connectivity index (χ0v) is 14.6. The monoisotopic (exact) mass is 332 g/mol. The minimum Gasteiger partial charge on any atom is -0.338 e. The molecule has 0 heterocycles. The molecule has 0 saturated carbocycles. The molecule has 0 bridgehead atoms. The van der Waals surface area contributed by atoms with Crippen molar-refractivity contribution in [3.05, 3.63) is 34.9 Å². The first kappa shape index (κ1) is 20.2. The highest BCUT2D eigenvalue weighted by Gasteiger charge is 2.36. The van der Waals surface area contributed by atoms with E-state index in [2.05, 4.69) is 0 Å². The molecule has 0 radical (unpaired) electrons. The lowest BCUT2D eigenvalue weighted by atomic mass is 9.81. The molecule has 0 fully saturated rings. The third-order valence-electron chi connectivity index (χ3n) is 4.19. The third-order valence-corrected chi connectivity index (χ3v) is 4.55. The SMILES string of the molecule is CCN(Cc1ccccc1Cl)C(=O)C(CC)(CC)CN.Cl. The van der Waals surface area contributed by atoms with E-state index in [0.717, 1.165) is 18.4 Å². The lowest BCUT2D eigenvalue weighted by Crippen LogP contribution is -2.47. The molecule has 0 unspecified atom stereocenters. The molecule has 0 atom stereocenters. The van der Waals surface area contributed by atoms with Crippen LogP contribution in [-0.2, 0) is 11.3 Å². The topological polar surface area (TPSA) is 46.3 Å². The van der Waals surface area contributed by atoms with Crippen molar-refractivity contribution < 1.29 is 4.79 Å². The van der Waals surface area contributed by atoms with Crippen molar-refractivity contribution in [1.29, 1.82) is 0 Å². The van der Waals surface area contributed by atoms with Gasteiger partial charge in [0.1, 0.15) is 0 Å². The van der Waals surface area contributed by atoms with Gasteiger partial charge in [0.05, 0.1) is 5.41 Å². The number of carbonyl (C=O) groups is 1. The number of nitrogens with zero attached hydrogens (tertiary/aromatic N) is 1. The summed E-state index contributed by atoms with van der Waals surface area (Å²) in [6, 6.07) is 7.65. The summed E-state index contributed by atoms with van der Waals surface area (Å²) in [6.07, 6.45) is 1.52. The Balaban J connectivity index is 0.00000400. The van der Waals surface area contributed by atoms with Gasteiger partial charge < -0.3 is 10.6 Å². The predicted octanol–water partition coefficient (Wildman–Crippen LogP) is 3.88. The molecule has 0 saturated heterocycles. The Kier molecular flexibility index (Phi) is 8.95. The zero-order chi connectivity index (χ0) is 15.2. The Morgan fingerprint density at radius 3 is 2.24 bits per heavy atom. The van der Waals surface area contributed by atoms with Crippen LogP contribution in [-0.4, -0.2) is 23.9 Å². The lowest BCUT2D eigenvalue weighted by Gasteiger charge is -2.35. The quantitative estimate of drug-likeness (QED) is 0.823. The predicted molar refractivity (Wildman–Crippen MR) is 91.9 cm³/mol. The molecular weight excluding hydrogens is 307 g/mol. The fraction of sp³-hybridized carbons (Fsp3) is 0.562. The van der Waals surface area contributed by atoms with E-state index < -0.39 is 5.41 Å². The number of benzene rings is 1. The molecule has 1 aromatic rings. The molecule has 2 N–H and O–H groups in total. The van der Waals surface area contributed by atoms with Crippen LogP contribution in [0.5, 0.6) is 0 Å². The van der Waals surface area contributed by atoms with Gasteiger partial charge in [0.2, 0.25) is 5.91 Å². The van der Waals surface area contributed by atoms with E-state index in [1.54, 1.807) is 0 Å². The van der Waals surface area contributed by atoms with Crippen LogP contribution in [0.3, 0.4) is 0 Å². The molecule has 1 aromatic carbocycles. The second-order valence-corrected chi connectivity index (χ2v) is 5.51. The maximum Gasteiger partial charge on any atom is 0.230 e. The number of nitrogens with two attached hydrogens (primary N) is 1.